The maximum Gasteiger partial charge on any atom is 0.494 e. The van der Waals surface area contributed by atoms with E-state index in [1.54, 1.807) is 0 Å². The molecule has 41 heavy (non-hydrogen) atoms. The molecule has 0 saturated carbocycles. The Hall–Kier alpha value is -4.14. The third kappa shape index (κ3) is 5.58. The molecule has 0 bridgehead atoms. The van der Waals surface area contributed by atoms with Gasteiger partial charge in [-0.15, -0.1) is 41.5 Å². The van der Waals surface area contributed by atoms with Crippen molar-refractivity contribution in [3.8, 4) is 11.3 Å². The molecule has 0 atom stereocenters. The van der Waals surface area contributed by atoms with Crippen molar-refractivity contribution in [3.63, 3.8) is 0 Å². The topological polar surface area (TPSA) is 32.0 Å². The number of hydrogen-bond acceptors (Lipinski definition) is 2. The smallest absolute Gasteiger partial charge is 0.483 e. The van der Waals surface area contributed by atoms with Gasteiger partial charge in [-0.2, -0.15) is 6.07 Å². The summed E-state index contributed by atoms with van der Waals surface area (Å²) in [5.41, 5.74) is 10.8. The predicted molar refractivity (Wildman–Crippen MR) is 163 cm³/mol. The largest absolute Gasteiger partial charge is 0.494 e. The van der Waals surface area contributed by atoms with Gasteiger partial charge in [0.15, 0.2) is 6.04 Å². The summed E-state index contributed by atoms with van der Waals surface area (Å²) >= 11 is 0. The van der Waals surface area contributed by atoms with Crippen molar-refractivity contribution in [1.29, 1.82) is 0 Å². The summed E-state index contributed by atoms with van der Waals surface area (Å²) in [7, 11) is 0. The Balaban J connectivity index is 0.000000182. The Morgan fingerprint density at radius 3 is 2.27 bits per heavy atom. The van der Waals surface area contributed by atoms with Gasteiger partial charge in [0, 0.05) is 44.0 Å². The van der Waals surface area contributed by atoms with E-state index < -0.39 is 0 Å². The summed E-state index contributed by atoms with van der Waals surface area (Å²) in [6.45, 7) is 10.6. The van der Waals surface area contributed by atoms with Crippen LogP contribution < -0.4 is 4.58 Å². The van der Waals surface area contributed by atoms with E-state index in [0.717, 1.165) is 50.3 Å². The fraction of sp³-hybridized carbons (Fsp3) is 0.167. The van der Waals surface area contributed by atoms with Crippen molar-refractivity contribution >= 4 is 45.0 Å². The van der Waals surface area contributed by atoms with Gasteiger partial charge in [0.2, 0.25) is 0 Å². The molecule has 4 aromatic carbocycles. The number of aryl methyl sites for hydroxylation is 3. The van der Waals surface area contributed by atoms with Gasteiger partial charge in [-0.25, -0.2) is 0 Å². The van der Waals surface area contributed by atoms with Crippen molar-refractivity contribution in [2.45, 2.75) is 40.7 Å². The van der Waals surface area contributed by atoms with Gasteiger partial charge < -0.3 is 9.40 Å². The minimum absolute atomic E-state index is 0. The first kappa shape index (κ1) is 28.4. The van der Waals surface area contributed by atoms with Gasteiger partial charge in [0.05, 0.1) is 0 Å². The molecule has 1 aliphatic rings. The van der Waals surface area contributed by atoms with E-state index >= 15 is 0 Å². The number of hydrogen-bond donors (Lipinski definition) is 0. The number of aromatic nitrogens is 1. The minimum Gasteiger partial charge on any atom is -0.483 e. The molecule has 1 aliphatic heterocycles. The van der Waals surface area contributed by atoms with Crippen LogP contribution in [0.1, 0.15) is 30.5 Å². The van der Waals surface area contributed by atoms with Crippen molar-refractivity contribution in [3.05, 3.63) is 120 Å². The van der Waals surface area contributed by atoms with Crippen LogP contribution in [0.25, 0.3) is 33.2 Å². The van der Waals surface area contributed by atoms with Crippen molar-refractivity contribution < 1.29 is 29.1 Å². The van der Waals surface area contributed by atoms with Crippen LogP contribution in [0.4, 0.5) is 17.1 Å². The van der Waals surface area contributed by atoms with E-state index in [0.29, 0.717) is 6.04 Å². The van der Waals surface area contributed by atoms with Gasteiger partial charge in [0.1, 0.15) is 11.3 Å². The quantitative estimate of drug-likeness (QED) is 0.136. The zero-order valence-electron chi connectivity index (χ0n) is 23.8. The number of fused-ring (bicyclic) bond motifs is 4. The van der Waals surface area contributed by atoms with Gasteiger partial charge in [-0.05, 0) is 50.4 Å². The maximum atomic E-state index is 6.03. The van der Waals surface area contributed by atoms with Crippen LogP contribution in [-0.2, 0) is 20.1 Å². The number of rotatable bonds is 3. The zero-order valence-corrected chi connectivity index (χ0v) is 26.2. The van der Waals surface area contributed by atoms with E-state index in [4.69, 9.17) is 4.42 Å². The molecule has 0 spiro atoms. The van der Waals surface area contributed by atoms with Crippen LogP contribution in [0.2, 0.25) is 0 Å². The first-order chi connectivity index (χ1) is 19.4. The SMILES string of the molecule is CC(C)[N+]1=C=[N+](c2[c-]cc3c(c2)oc2ccccc23)c2ccccc21.Cc1c[c-]c(-c2cc(C)c(C)cn2)cc1.[Ir]. The summed E-state index contributed by atoms with van der Waals surface area (Å²) in [5.74, 6) is 0. The fourth-order valence-corrected chi connectivity index (χ4v) is 4.86. The van der Waals surface area contributed by atoms with Gasteiger partial charge in [-0.3, -0.25) is 0 Å². The van der Waals surface area contributed by atoms with Crippen molar-refractivity contribution in [2.75, 3.05) is 0 Å². The average molecular weight is 714 g/mol. The molecule has 3 heterocycles. The molecule has 1 radical (unpaired) electrons. The number of pyridine rings is 1. The standard InChI is InChI=1S/C22H17N2O.C14H14N.Ir/c1-15(2)23-14-24(20-9-5-4-8-19(20)23)16-11-12-18-17-7-3-6-10-21(17)25-22(18)13-16;1-10-4-6-13(7-5-10)14-8-11(2)12(3)9-15-14;/h3-10,12-13,15H,1-2H3;4-6,8-9H,1-3H3;/q+1;-1;. The first-order valence-corrected chi connectivity index (χ1v) is 13.6. The Kier molecular flexibility index (Phi) is 8.15. The second-order valence-corrected chi connectivity index (χ2v) is 10.5. The Morgan fingerprint density at radius 1 is 0.780 bits per heavy atom. The van der Waals surface area contributed by atoms with E-state index in [9.17, 15) is 0 Å². The molecule has 7 rings (SSSR count). The Bertz CT molecular complexity index is 1940. The van der Waals surface area contributed by atoms with Crippen LogP contribution in [0.15, 0.2) is 95.5 Å². The number of nitrogens with zero attached hydrogens (tertiary/aromatic N) is 3. The molecule has 0 saturated heterocycles. The zero-order chi connectivity index (χ0) is 27.8. The van der Waals surface area contributed by atoms with E-state index in [2.05, 4.69) is 115 Å². The summed E-state index contributed by atoms with van der Waals surface area (Å²) in [6.07, 6.45) is 1.92. The average Bonchev–Trinajstić information content (AvgIpc) is 3.54. The number of para-hydroxylation sites is 3. The summed E-state index contributed by atoms with van der Waals surface area (Å²) in [6, 6.07) is 39.2. The molecule has 0 aliphatic carbocycles. The van der Waals surface area contributed by atoms with Crippen LogP contribution in [0.5, 0.6) is 0 Å². The number of furan rings is 1. The second kappa shape index (κ2) is 11.8. The van der Waals surface area contributed by atoms with Crippen LogP contribution in [-0.4, -0.2) is 21.6 Å². The fourth-order valence-electron chi connectivity index (χ4n) is 4.86. The predicted octanol–water partition coefficient (Wildman–Crippen LogP) is 8.93. The minimum atomic E-state index is 0. The molecule has 0 amide bonds. The van der Waals surface area contributed by atoms with Crippen LogP contribution in [0, 0.1) is 32.9 Å². The van der Waals surface area contributed by atoms with Gasteiger partial charge in [-0.1, -0.05) is 69.5 Å². The van der Waals surface area contributed by atoms with Gasteiger partial charge in [0.25, 0.3) is 11.4 Å². The molecule has 5 heteroatoms. The molecule has 6 aromatic rings. The monoisotopic (exact) mass is 714 g/mol. The normalized spacial score (nSPS) is 12.0. The summed E-state index contributed by atoms with van der Waals surface area (Å²) in [4.78, 5) is 4.41. The van der Waals surface area contributed by atoms with E-state index in [1.165, 1.54) is 16.7 Å². The second-order valence-electron chi connectivity index (χ2n) is 10.5. The Labute approximate surface area is 254 Å². The molecule has 4 nitrogen and oxygen atoms in total. The van der Waals surface area contributed by atoms with Crippen LogP contribution in [0.3, 0.4) is 0 Å². The summed E-state index contributed by atoms with van der Waals surface area (Å²) in [5, 5.41) is 2.21. The van der Waals surface area contributed by atoms with Gasteiger partial charge >= 0.3 is 6.01 Å². The molecule has 2 aromatic heterocycles. The third-order valence-electron chi connectivity index (χ3n) is 7.26. The summed E-state index contributed by atoms with van der Waals surface area (Å²) < 4.78 is 10.2. The van der Waals surface area contributed by atoms with Crippen molar-refractivity contribution in [2.24, 2.45) is 0 Å². The van der Waals surface area contributed by atoms with E-state index in [1.807, 2.05) is 42.6 Å². The molecule has 0 unspecified atom stereocenters. The Morgan fingerprint density at radius 2 is 1.54 bits per heavy atom. The van der Waals surface area contributed by atoms with Crippen LogP contribution >= 0.6 is 0 Å². The molecular formula is C36H31IrN3O. The molecule has 0 fully saturated rings. The maximum absolute atomic E-state index is 6.03. The first-order valence-electron chi connectivity index (χ1n) is 13.6. The number of benzene rings is 4. The van der Waals surface area contributed by atoms with E-state index in [-0.39, 0.29) is 20.1 Å². The molecular weight excluding hydrogens is 683 g/mol. The molecule has 0 N–H and O–H groups in total. The third-order valence-corrected chi connectivity index (χ3v) is 7.26. The molecule has 205 valence electrons. The van der Waals surface area contributed by atoms with Crippen molar-refractivity contribution in [1.82, 2.24) is 9.56 Å².